The largest absolute Gasteiger partial charge is 0.230 e. The quantitative estimate of drug-likeness (QED) is 0.262. The van der Waals surface area contributed by atoms with Gasteiger partial charge in [0.25, 0.3) is 0 Å². The minimum Gasteiger partial charge on any atom is -0.230 e. The lowest BCUT2D eigenvalue weighted by molar-refractivity contribution is 1.00. The molecular weight excluding hydrogens is 296 g/mol. The summed E-state index contributed by atoms with van der Waals surface area (Å²) in [5, 5.41) is 11.1. The predicted molar refractivity (Wildman–Crippen MR) is 51.2 cm³/mol. The van der Waals surface area contributed by atoms with Crippen molar-refractivity contribution < 1.29 is 0 Å². The van der Waals surface area contributed by atoms with E-state index in [1.807, 2.05) is 28.0 Å². The molecule has 1 aromatic heterocycles. The molecule has 0 radical (unpaired) electrons. The summed E-state index contributed by atoms with van der Waals surface area (Å²) >= 11 is 8.57. The number of aromatic nitrogens is 2. The molecule has 0 aromatic carbocycles. The molecule has 3 nitrogen and oxygen atoms in total. The van der Waals surface area contributed by atoms with Crippen molar-refractivity contribution in [2.75, 3.05) is 0 Å². The Kier molecular flexibility index (Phi) is 3.36. The first kappa shape index (κ1) is 9.03. The molecule has 56 valence electrons. The van der Waals surface area contributed by atoms with Crippen molar-refractivity contribution in [2.24, 2.45) is 0 Å². The number of nitrogens with zero attached hydrogens (tertiary/aromatic N) is 3. The second-order valence-electron chi connectivity index (χ2n) is 1.49. The molecule has 1 aromatic rings. The molecule has 0 aliphatic carbocycles. The molecule has 0 atom stereocenters. The zero-order valence-electron chi connectivity index (χ0n) is 5.08. The minimum atomic E-state index is 0.414. The van der Waals surface area contributed by atoms with Gasteiger partial charge in [-0.2, -0.15) is 5.26 Å². The van der Waals surface area contributed by atoms with E-state index in [1.54, 1.807) is 0 Å². The van der Waals surface area contributed by atoms with E-state index in [2.05, 4.69) is 9.97 Å². The van der Waals surface area contributed by atoms with Gasteiger partial charge in [-0.3, -0.25) is 0 Å². The number of thiocyanates is 1. The molecule has 0 aliphatic rings. The van der Waals surface area contributed by atoms with E-state index in [-0.39, 0.29) is 0 Å². The monoisotopic (exact) mass is 297 g/mol. The maximum absolute atomic E-state index is 8.33. The van der Waals surface area contributed by atoms with Gasteiger partial charge in [-0.15, -0.1) is 0 Å². The van der Waals surface area contributed by atoms with Gasteiger partial charge >= 0.3 is 0 Å². The first-order valence-electron chi connectivity index (χ1n) is 2.48. The van der Waals surface area contributed by atoms with Crippen molar-refractivity contribution in [3.8, 4) is 5.40 Å². The second-order valence-corrected chi connectivity index (χ2v) is 3.63. The van der Waals surface area contributed by atoms with Crippen LogP contribution in [0.25, 0.3) is 0 Å². The Morgan fingerprint density at radius 1 is 1.73 bits per heavy atom. The molecule has 0 bridgehead atoms. The van der Waals surface area contributed by atoms with Crippen molar-refractivity contribution in [3.63, 3.8) is 0 Å². The topological polar surface area (TPSA) is 49.6 Å². The Morgan fingerprint density at radius 2 is 2.45 bits per heavy atom. The van der Waals surface area contributed by atoms with Gasteiger partial charge in [-0.1, -0.05) is 11.6 Å². The lowest BCUT2D eigenvalue weighted by atomic mass is 10.7. The highest BCUT2D eigenvalue weighted by molar-refractivity contribution is 14.1. The third kappa shape index (κ3) is 2.47. The van der Waals surface area contributed by atoms with Crippen molar-refractivity contribution in [2.45, 2.75) is 5.03 Å². The summed E-state index contributed by atoms with van der Waals surface area (Å²) in [6.07, 6.45) is 1.48. The fraction of sp³-hybridized carbons (Fsp3) is 0. The van der Waals surface area contributed by atoms with Crippen LogP contribution in [0.4, 0.5) is 0 Å². The van der Waals surface area contributed by atoms with Crippen LogP contribution in [0.1, 0.15) is 0 Å². The maximum Gasteiger partial charge on any atom is 0.191 e. The number of hydrogen-bond acceptors (Lipinski definition) is 4. The van der Waals surface area contributed by atoms with Gasteiger partial charge in [0, 0.05) is 34.4 Å². The van der Waals surface area contributed by atoms with Crippen LogP contribution in [-0.4, -0.2) is 9.97 Å². The Bertz CT molecular complexity index is 311. The van der Waals surface area contributed by atoms with Gasteiger partial charge in [0.2, 0.25) is 0 Å². The van der Waals surface area contributed by atoms with Crippen LogP contribution in [0.3, 0.4) is 0 Å². The second kappa shape index (κ2) is 4.09. The maximum atomic E-state index is 8.33. The van der Waals surface area contributed by atoms with Gasteiger partial charge in [0.1, 0.15) is 10.4 Å². The number of rotatable bonds is 1. The van der Waals surface area contributed by atoms with Crippen LogP contribution >= 0.6 is 46.0 Å². The molecule has 0 aliphatic heterocycles. The average molecular weight is 298 g/mol. The molecule has 6 heteroatoms. The Morgan fingerprint density at radius 3 is 3.09 bits per heavy atom. The van der Waals surface area contributed by atoms with E-state index >= 15 is 0 Å². The van der Waals surface area contributed by atoms with Crippen LogP contribution in [0.2, 0.25) is 5.02 Å². The van der Waals surface area contributed by atoms with E-state index in [4.69, 9.17) is 16.9 Å². The lowest BCUT2D eigenvalue weighted by Crippen LogP contribution is -1.88. The van der Waals surface area contributed by atoms with Gasteiger partial charge < -0.3 is 0 Å². The Balaban J connectivity index is 3.05. The van der Waals surface area contributed by atoms with Crippen LogP contribution < -0.4 is 0 Å². The SMILES string of the molecule is N#CSc1nc(I)ncc1Cl. The van der Waals surface area contributed by atoms with Crippen molar-refractivity contribution in [1.29, 1.82) is 5.26 Å². The first-order valence-corrected chi connectivity index (χ1v) is 4.75. The molecule has 1 heterocycles. The normalized spacial score (nSPS) is 9.18. The standard InChI is InChI=1S/C5HClIN3S/c6-3-1-9-5(7)10-4(3)11-2-8/h1H. The smallest absolute Gasteiger partial charge is 0.191 e. The summed E-state index contributed by atoms with van der Waals surface area (Å²) < 4.78 is 0.588. The fourth-order valence-corrected chi connectivity index (χ4v) is 1.57. The van der Waals surface area contributed by atoms with Crippen molar-refractivity contribution >= 4 is 46.0 Å². The van der Waals surface area contributed by atoms with E-state index in [0.29, 0.717) is 13.9 Å². The molecule has 0 amide bonds. The summed E-state index contributed by atoms with van der Waals surface area (Å²) in [6.45, 7) is 0. The number of halogens is 2. The van der Waals surface area contributed by atoms with Crippen molar-refractivity contribution in [3.05, 3.63) is 15.1 Å². The number of hydrogen-bond donors (Lipinski definition) is 0. The van der Waals surface area contributed by atoms with Crippen LogP contribution in [0.5, 0.6) is 0 Å². The average Bonchev–Trinajstić information content (AvgIpc) is 1.98. The fourth-order valence-electron chi connectivity index (χ4n) is 0.446. The van der Waals surface area contributed by atoms with Gasteiger partial charge in [-0.25, -0.2) is 9.97 Å². The third-order valence-corrected chi connectivity index (χ3v) is 2.33. The molecule has 0 fully saturated rings. The first-order chi connectivity index (χ1) is 5.24. The van der Waals surface area contributed by atoms with Gasteiger partial charge in [-0.05, 0) is 0 Å². The summed E-state index contributed by atoms with van der Waals surface area (Å²) in [5.74, 6) is 0. The van der Waals surface area contributed by atoms with E-state index in [0.717, 1.165) is 11.8 Å². The molecule has 0 unspecified atom stereocenters. The summed E-state index contributed by atoms with van der Waals surface area (Å²) in [5.41, 5.74) is 0. The molecule has 0 N–H and O–H groups in total. The zero-order valence-corrected chi connectivity index (χ0v) is 8.81. The highest BCUT2D eigenvalue weighted by Gasteiger charge is 2.03. The highest BCUT2D eigenvalue weighted by atomic mass is 127. The Hall–Kier alpha value is -0.0600. The number of thioether (sulfide) groups is 1. The summed E-state index contributed by atoms with van der Waals surface area (Å²) in [6, 6.07) is 0. The predicted octanol–water partition coefficient (Wildman–Crippen LogP) is 2.31. The summed E-state index contributed by atoms with van der Waals surface area (Å²) in [7, 11) is 0. The molecule has 0 saturated heterocycles. The van der Waals surface area contributed by atoms with E-state index in [1.165, 1.54) is 6.20 Å². The van der Waals surface area contributed by atoms with Crippen molar-refractivity contribution in [1.82, 2.24) is 9.97 Å². The molecule has 0 saturated carbocycles. The van der Waals surface area contributed by atoms with Crippen LogP contribution in [0, 0.1) is 14.5 Å². The van der Waals surface area contributed by atoms with Crippen LogP contribution in [-0.2, 0) is 0 Å². The van der Waals surface area contributed by atoms with Gasteiger partial charge in [0.05, 0.1) is 11.2 Å². The lowest BCUT2D eigenvalue weighted by Gasteiger charge is -1.95. The zero-order chi connectivity index (χ0) is 8.27. The van der Waals surface area contributed by atoms with Crippen LogP contribution in [0.15, 0.2) is 11.2 Å². The summed E-state index contributed by atoms with van der Waals surface area (Å²) in [4.78, 5) is 7.79. The third-order valence-electron chi connectivity index (χ3n) is 0.825. The van der Waals surface area contributed by atoms with Gasteiger partial charge in [0.15, 0.2) is 3.83 Å². The minimum absolute atomic E-state index is 0.414. The number of nitriles is 1. The highest BCUT2D eigenvalue weighted by Crippen LogP contribution is 2.23. The molecule has 1 rings (SSSR count). The molecule has 0 spiro atoms. The molecule has 11 heavy (non-hydrogen) atoms. The van der Waals surface area contributed by atoms with E-state index in [9.17, 15) is 0 Å². The molecular formula is C5HClIN3S. The van der Waals surface area contributed by atoms with E-state index < -0.39 is 0 Å². The Labute approximate surface area is 86.3 Å².